The van der Waals surface area contributed by atoms with Gasteiger partial charge in [-0.05, 0) is 0 Å². The second-order valence-electron chi connectivity index (χ2n) is 9.09. The quantitative estimate of drug-likeness (QED) is 0.331. The predicted octanol–water partition coefficient (Wildman–Crippen LogP) is 5.07. The fourth-order valence-corrected chi connectivity index (χ4v) is 14.1. The summed E-state index contributed by atoms with van der Waals surface area (Å²) in [5.74, 6) is 0.466. The molecule has 0 saturated heterocycles. The molecule has 0 N–H and O–H groups in total. The van der Waals surface area contributed by atoms with E-state index in [4.69, 9.17) is 4.52 Å². The van der Waals surface area contributed by atoms with E-state index in [9.17, 15) is 4.79 Å². The van der Waals surface area contributed by atoms with Crippen molar-refractivity contribution in [3.05, 3.63) is 107 Å². The normalized spacial score (nSPS) is 17.5. The van der Waals surface area contributed by atoms with Crippen LogP contribution in [0.3, 0.4) is 0 Å². The molecule has 1 aromatic heterocycles. The van der Waals surface area contributed by atoms with Gasteiger partial charge in [0, 0.05) is 0 Å². The molecule has 0 saturated carbocycles. The minimum atomic E-state index is -3.36. The van der Waals surface area contributed by atoms with E-state index in [-0.39, 0.29) is 11.8 Å². The molecule has 2 heterocycles. The molecule has 1 aliphatic heterocycles. The number of fused-ring (bicyclic) bond motifs is 1. The molecule has 33 heavy (non-hydrogen) atoms. The maximum absolute atomic E-state index is 12.6. The molecule has 0 unspecified atom stereocenters. The number of halogens is 1. The topological polar surface area (TPSA) is 48.0 Å². The van der Waals surface area contributed by atoms with E-state index >= 15 is 0 Å². The van der Waals surface area contributed by atoms with Crippen molar-refractivity contribution in [1.29, 1.82) is 0 Å². The van der Waals surface area contributed by atoms with Crippen LogP contribution in [0.1, 0.15) is 37.5 Å². The molecular weight excluding hydrogens is 495 g/mol. The van der Waals surface area contributed by atoms with E-state index in [0.717, 1.165) is 44.1 Å². The first kappa shape index (κ1) is 22.3. The van der Waals surface area contributed by atoms with Gasteiger partial charge in [0.25, 0.3) is 0 Å². The van der Waals surface area contributed by atoms with Crippen LogP contribution in [0, 0.1) is 0 Å². The Bertz CT molecular complexity index is 1170. The summed E-state index contributed by atoms with van der Waals surface area (Å²) < 4.78 is 6.90. The molecule has 4 aromatic rings. The summed E-state index contributed by atoms with van der Waals surface area (Å²) in [4.78, 5) is 12.6. The van der Waals surface area contributed by atoms with Crippen molar-refractivity contribution in [2.45, 2.75) is 38.1 Å². The Morgan fingerprint density at radius 1 is 0.848 bits per heavy atom. The molecule has 172 valence electrons. The molecule has 3 aromatic carbocycles. The summed E-state index contributed by atoms with van der Waals surface area (Å²) in [5.41, 5.74) is 0. The van der Waals surface area contributed by atoms with Crippen molar-refractivity contribution in [3.8, 4) is 0 Å². The third-order valence-electron chi connectivity index (χ3n) is 7.33. The van der Waals surface area contributed by atoms with Crippen LogP contribution < -0.4 is 21.7 Å². The van der Waals surface area contributed by atoms with E-state index in [1.807, 2.05) is 4.57 Å². The van der Waals surface area contributed by atoms with E-state index < -0.39 is 5.31 Å². The zero-order valence-corrected chi connectivity index (χ0v) is 21.2. The molecule has 0 bridgehead atoms. The summed E-state index contributed by atoms with van der Waals surface area (Å²) in [6.45, 7) is 0. The average Bonchev–Trinajstić information content (AvgIpc) is 3.12. The first-order valence-electron chi connectivity index (χ1n) is 11.7. The maximum atomic E-state index is 12.6. The summed E-state index contributed by atoms with van der Waals surface area (Å²) in [6.07, 6.45) is 5.69. The van der Waals surface area contributed by atoms with E-state index in [1.165, 1.54) is 15.9 Å². The fourth-order valence-electron chi connectivity index (χ4n) is 5.60. The van der Waals surface area contributed by atoms with Crippen molar-refractivity contribution in [3.63, 3.8) is 0 Å². The summed E-state index contributed by atoms with van der Waals surface area (Å²) in [6, 6.07) is 32.6. The van der Waals surface area contributed by atoms with Gasteiger partial charge in [-0.1, -0.05) is 0 Å². The SMILES string of the molecule is O=c1onc2n1[C@@H](CC[PH-](Br)(c1ccccc1)(c1ccccc1)c1ccccc1)CCCC2. The van der Waals surface area contributed by atoms with Gasteiger partial charge in [0.1, 0.15) is 0 Å². The number of hydrogen-bond donors (Lipinski definition) is 0. The van der Waals surface area contributed by atoms with Crippen molar-refractivity contribution in [1.82, 2.24) is 9.72 Å². The standard InChI is InChI=1S/C27H29BrN2O2P/c28-33(23-13-4-1-5-14-23,24-15-6-2-7-16-24,25-17-8-3-9-18-25)21-20-22-12-10-11-19-26-29-32-27(31)30(22)26/h1-9,13-18,22,33H,10-12,19-21H2/q-1/t22-/m1/s1. The Hall–Kier alpha value is -2.49. The zero-order valence-electron chi connectivity index (χ0n) is 18.6. The van der Waals surface area contributed by atoms with Gasteiger partial charge in [-0.3, -0.25) is 0 Å². The third-order valence-corrected chi connectivity index (χ3v) is 18.5. The Kier molecular flexibility index (Phi) is 6.11. The van der Waals surface area contributed by atoms with Crippen LogP contribution in [0.25, 0.3) is 0 Å². The Morgan fingerprint density at radius 3 is 1.88 bits per heavy atom. The zero-order chi connectivity index (χ0) is 22.8. The van der Waals surface area contributed by atoms with E-state index in [0.29, 0.717) is 0 Å². The molecule has 0 fully saturated rings. The Balaban J connectivity index is 1.69. The Labute approximate surface area is 202 Å². The fraction of sp³-hybridized carbons (Fsp3) is 0.259. The molecule has 4 nitrogen and oxygen atoms in total. The van der Waals surface area contributed by atoms with Crippen molar-refractivity contribution < 1.29 is 4.52 Å². The summed E-state index contributed by atoms with van der Waals surface area (Å²) in [5, 5.41) is 4.68. The molecule has 0 radical (unpaired) electrons. The van der Waals surface area contributed by atoms with Gasteiger partial charge < -0.3 is 0 Å². The van der Waals surface area contributed by atoms with Gasteiger partial charge in [-0.15, -0.1) is 0 Å². The van der Waals surface area contributed by atoms with Gasteiger partial charge in [-0.2, -0.15) is 0 Å². The molecule has 0 spiro atoms. The van der Waals surface area contributed by atoms with Crippen LogP contribution in [0.5, 0.6) is 0 Å². The average molecular weight is 524 g/mol. The second-order valence-corrected chi connectivity index (χ2v) is 19.2. The molecule has 0 amide bonds. The molecule has 6 heteroatoms. The summed E-state index contributed by atoms with van der Waals surface area (Å²) >= 11 is 4.54. The van der Waals surface area contributed by atoms with E-state index in [2.05, 4.69) is 112 Å². The second kappa shape index (κ2) is 9.04. The molecule has 0 aliphatic carbocycles. The third kappa shape index (κ3) is 3.82. The van der Waals surface area contributed by atoms with Crippen LogP contribution in [0.2, 0.25) is 0 Å². The van der Waals surface area contributed by atoms with Gasteiger partial charge in [-0.25, -0.2) is 0 Å². The van der Waals surface area contributed by atoms with Gasteiger partial charge in [0.05, 0.1) is 0 Å². The van der Waals surface area contributed by atoms with Crippen molar-refractivity contribution >= 4 is 36.7 Å². The number of hydrogen-bond acceptors (Lipinski definition) is 3. The van der Waals surface area contributed by atoms with Crippen LogP contribution in [0.4, 0.5) is 0 Å². The molecule has 5 rings (SSSR count). The number of aryl methyl sites for hydroxylation is 1. The predicted molar refractivity (Wildman–Crippen MR) is 142 cm³/mol. The van der Waals surface area contributed by atoms with Gasteiger partial charge >= 0.3 is 203 Å². The van der Waals surface area contributed by atoms with Gasteiger partial charge in [0.2, 0.25) is 0 Å². The molecule has 1 aliphatic rings. The van der Waals surface area contributed by atoms with Crippen LogP contribution in [-0.2, 0) is 6.42 Å². The molecular formula is C27H29BrN2O2P-. The van der Waals surface area contributed by atoms with Crippen LogP contribution in [-0.4, -0.2) is 15.9 Å². The van der Waals surface area contributed by atoms with E-state index in [1.54, 1.807) is 0 Å². The molecule has 1 atom stereocenters. The van der Waals surface area contributed by atoms with Crippen molar-refractivity contribution in [2.75, 3.05) is 6.16 Å². The van der Waals surface area contributed by atoms with Crippen LogP contribution in [0.15, 0.2) is 100 Å². The number of benzene rings is 3. The number of aromatic nitrogens is 2. The first-order chi connectivity index (χ1) is 16.1. The first-order valence-corrected chi connectivity index (χ1v) is 16.7. The van der Waals surface area contributed by atoms with Crippen LogP contribution >= 0.6 is 20.8 Å². The van der Waals surface area contributed by atoms with Crippen molar-refractivity contribution in [2.24, 2.45) is 0 Å². The van der Waals surface area contributed by atoms with Gasteiger partial charge in [0.15, 0.2) is 0 Å². The minimum absolute atomic E-state index is 0.0856. The monoisotopic (exact) mass is 523 g/mol. The number of rotatable bonds is 6. The number of nitrogens with zero attached hydrogens (tertiary/aromatic N) is 2. The summed E-state index contributed by atoms with van der Waals surface area (Å²) in [7, 11) is 0. The Morgan fingerprint density at radius 2 is 1.36 bits per heavy atom.